The summed E-state index contributed by atoms with van der Waals surface area (Å²) in [7, 11) is 1.59. The molecule has 2 heterocycles. The maximum Gasteiger partial charge on any atom is 0.325 e. The molecular formula is C20H27N3O4. The minimum Gasteiger partial charge on any atom is -0.496 e. The minimum atomic E-state index is -0.817. The van der Waals surface area contributed by atoms with Crippen molar-refractivity contribution in [3.63, 3.8) is 0 Å². The van der Waals surface area contributed by atoms with Crippen molar-refractivity contribution in [2.75, 3.05) is 26.7 Å². The van der Waals surface area contributed by atoms with Crippen molar-refractivity contribution in [1.82, 2.24) is 15.1 Å². The van der Waals surface area contributed by atoms with Crippen LogP contribution in [0.15, 0.2) is 24.3 Å². The number of benzene rings is 1. The topological polar surface area (TPSA) is 79.0 Å². The van der Waals surface area contributed by atoms with E-state index in [0.29, 0.717) is 38.2 Å². The van der Waals surface area contributed by atoms with Crippen LogP contribution >= 0.6 is 0 Å². The number of piperidine rings is 1. The van der Waals surface area contributed by atoms with E-state index in [2.05, 4.69) is 5.32 Å². The third-order valence-corrected chi connectivity index (χ3v) is 5.43. The second-order valence-corrected chi connectivity index (χ2v) is 7.66. The Balaban J connectivity index is 1.68. The van der Waals surface area contributed by atoms with Crippen LogP contribution in [-0.2, 0) is 16.0 Å². The summed E-state index contributed by atoms with van der Waals surface area (Å²) in [5.41, 5.74) is 0.0308. The number of carbonyl (C=O) groups excluding carboxylic acids is 3. The molecule has 1 aromatic carbocycles. The van der Waals surface area contributed by atoms with Gasteiger partial charge in [-0.05, 0) is 24.8 Å². The van der Waals surface area contributed by atoms with Gasteiger partial charge in [0.25, 0.3) is 5.91 Å². The highest BCUT2D eigenvalue weighted by molar-refractivity contribution is 6.07. The highest BCUT2D eigenvalue weighted by Crippen LogP contribution is 2.34. The van der Waals surface area contributed by atoms with E-state index in [1.54, 1.807) is 16.9 Å². The van der Waals surface area contributed by atoms with Crippen LogP contribution in [0.5, 0.6) is 5.75 Å². The molecule has 0 radical (unpaired) electrons. The van der Waals surface area contributed by atoms with Gasteiger partial charge in [-0.15, -0.1) is 0 Å². The predicted molar refractivity (Wildman–Crippen MR) is 100 cm³/mol. The summed E-state index contributed by atoms with van der Waals surface area (Å²) in [6.07, 6.45) is 1.20. The Kier molecular flexibility index (Phi) is 5.39. The van der Waals surface area contributed by atoms with Crippen LogP contribution in [0.4, 0.5) is 4.79 Å². The first-order valence-corrected chi connectivity index (χ1v) is 9.40. The number of imide groups is 1. The first-order valence-electron chi connectivity index (χ1n) is 9.40. The van der Waals surface area contributed by atoms with Crippen LogP contribution in [0.25, 0.3) is 0 Å². The molecule has 2 aliphatic rings. The van der Waals surface area contributed by atoms with Gasteiger partial charge in [-0.2, -0.15) is 0 Å². The van der Waals surface area contributed by atoms with Crippen molar-refractivity contribution in [3.8, 4) is 5.75 Å². The zero-order valence-corrected chi connectivity index (χ0v) is 16.2. The quantitative estimate of drug-likeness (QED) is 0.799. The third-order valence-electron chi connectivity index (χ3n) is 5.43. The summed E-state index contributed by atoms with van der Waals surface area (Å²) >= 11 is 0. The van der Waals surface area contributed by atoms with E-state index in [-0.39, 0.29) is 30.2 Å². The molecule has 146 valence electrons. The summed E-state index contributed by atoms with van der Waals surface area (Å²) in [5.74, 6) is 0.742. The molecule has 1 aromatic rings. The molecule has 0 bridgehead atoms. The van der Waals surface area contributed by atoms with E-state index in [0.717, 1.165) is 5.56 Å². The van der Waals surface area contributed by atoms with E-state index in [9.17, 15) is 14.4 Å². The molecule has 0 unspecified atom stereocenters. The molecule has 1 N–H and O–H groups in total. The van der Waals surface area contributed by atoms with Gasteiger partial charge in [0.05, 0.1) is 13.5 Å². The highest BCUT2D eigenvalue weighted by Gasteiger charge is 2.54. The molecule has 2 saturated heterocycles. The zero-order chi connectivity index (χ0) is 19.6. The van der Waals surface area contributed by atoms with Gasteiger partial charge in [-0.3, -0.25) is 14.9 Å². The predicted octanol–water partition coefficient (Wildman–Crippen LogP) is 1.81. The van der Waals surface area contributed by atoms with Gasteiger partial charge in [0, 0.05) is 25.2 Å². The van der Waals surface area contributed by atoms with Gasteiger partial charge in [0.1, 0.15) is 11.3 Å². The highest BCUT2D eigenvalue weighted by atomic mass is 16.5. The molecule has 2 aliphatic heterocycles. The van der Waals surface area contributed by atoms with Crippen LogP contribution in [0.3, 0.4) is 0 Å². The van der Waals surface area contributed by atoms with Crippen LogP contribution in [-0.4, -0.2) is 59.9 Å². The number of ether oxygens (including phenoxy) is 1. The van der Waals surface area contributed by atoms with E-state index >= 15 is 0 Å². The van der Waals surface area contributed by atoms with E-state index in [1.165, 1.54) is 0 Å². The first-order chi connectivity index (χ1) is 12.9. The van der Waals surface area contributed by atoms with Gasteiger partial charge in [0.15, 0.2) is 0 Å². The van der Waals surface area contributed by atoms with E-state index in [1.807, 2.05) is 38.1 Å². The Hall–Kier alpha value is -2.57. The number of methoxy groups -OCH3 is 1. The number of urea groups is 1. The first kappa shape index (κ1) is 19.2. The van der Waals surface area contributed by atoms with Crippen molar-refractivity contribution in [2.45, 2.75) is 38.6 Å². The summed E-state index contributed by atoms with van der Waals surface area (Å²) in [6.45, 7) is 5.50. The van der Waals surface area contributed by atoms with Crippen molar-refractivity contribution >= 4 is 17.8 Å². The van der Waals surface area contributed by atoms with Gasteiger partial charge in [-0.1, -0.05) is 32.0 Å². The number of hydrogen-bond acceptors (Lipinski definition) is 4. The van der Waals surface area contributed by atoms with Crippen molar-refractivity contribution in [2.24, 2.45) is 5.92 Å². The second-order valence-electron chi connectivity index (χ2n) is 7.66. The van der Waals surface area contributed by atoms with Crippen LogP contribution in [0, 0.1) is 5.92 Å². The lowest BCUT2D eigenvalue weighted by Crippen LogP contribution is -2.58. The second kappa shape index (κ2) is 7.58. The average molecular weight is 373 g/mol. The summed E-state index contributed by atoms with van der Waals surface area (Å²) < 4.78 is 5.32. The summed E-state index contributed by atoms with van der Waals surface area (Å²) in [5, 5.41) is 2.46. The maximum atomic E-state index is 12.7. The lowest BCUT2D eigenvalue weighted by molar-refractivity contribution is -0.137. The molecule has 0 atom stereocenters. The molecule has 4 amide bonds. The molecule has 7 nitrogen and oxygen atoms in total. The Bertz CT molecular complexity index is 738. The smallest absolute Gasteiger partial charge is 0.325 e. The molecule has 3 rings (SSSR count). The Morgan fingerprint density at radius 1 is 1.22 bits per heavy atom. The molecule has 27 heavy (non-hydrogen) atoms. The SMILES string of the molecule is COc1ccccc1CC(=O)N1CCC2(CC1)C(=O)NC(=O)N2CC(C)C. The number of nitrogens with zero attached hydrogens (tertiary/aromatic N) is 2. The van der Waals surface area contributed by atoms with Crippen molar-refractivity contribution < 1.29 is 19.1 Å². The number of nitrogens with one attached hydrogen (secondary N) is 1. The van der Waals surface area contributed by atoms with Gasteiger partial charge in [0.2, 0.25) is 5.91 Å². The fourth-order valence-corrected chi connectivity index (χ4v) is 3.97. The van der Waals surface area contributed by atoms with Crippen molar-refractivity contribution in [1.29, 1.82) is 0 Å². The Labute approximate surface area is 159 Å². The van der Waals surface area contributed by atoms with Crippen molar-refractivity contribution in [3.05, 3.63) is 29.8 Å². The number of amides is 4. The monoisotopic (exact) mass is 373 g/mol. The molecule has 0 saturated carbocycles. The number of hydrogen-bond donors (Lipinski definition) is 1. The van der Waals surface area contributed by atoms with Crippen LogP contribution in [0.1, 0.15) is 32.3 Å². The molecule has 2 fully saturated rings. The number of carbonyl (C=O) groups is 3. The Morgan fingerprint density at radius 3 is 2.52 bits per heavy atom. The lowest BCUT2D eigenvalue weighted by atomic mass is 9.85. The third kappa shape index (κ3) is 3.63. The van der Waals surface area contributed by atoms with E-state index < -0.39 is 5.54 Å². The van der Waals surface area contributed by atoms with Gasteiger partial charge >= 0.3 is 6.03 Å². The summed E-state index contributed by atoms with van der Waals surface area (Å²) in [4.78, 5) is 40.9. The fourth-order valence-electron chi connectivity index (χ4n) is 3.97. The maximum absolute atomic E-state index is 12.7. The number of rotatable bonds is 5. The Morgan fingerprint density at radius 2 is 1.89 bits per heavy atom. The van der Waals surface area contributed by atoms with Crippen LogP contribution < -0.4 is 10.1 Å². The fraction of sp³-hybridized carbons (Fsp3) is 0.550. The standard InChI is InChI=1S/C20H27N3O4/c1-14(2)13-23-19(26)21-18(25)20(23)8-10-22(11-9-20)17(24)12-15-6-4-5-7-16(15)27-3/h4-7,14H,8-13H2,1-3H3,(H,21,25,26). The van der Waals surface area contributed by atoms with Gasteiger partial charge in [-0.25, -0.2) is 4.79 Å². The minimum absolute atomic E-state index is 0.00879. The summed E-state index contributed by atoms with van der Waals surface area (Å²) in [6, 6.07) is 7.16. The normalized spacial score (nSPS) is 19.0. The molecule has 1 spiro atoms. The van der Waals surface area contributed by atoms with Gasteiger partial charge < -0.3 is 14.5 Å². The largest absolute Gasteiger partial charge is 0.496 e. The average Bonchev–Trinajstić information content (AvgIpc) is 2.86. The molecule has 0 aromatic heterocycles. The number of likely N-dealkylation sites (tertiary alicyclic amines) is 1. The van der Waals surface area contributed by atoms with Crippen LogP contribution in [0.2, 0.25) is 0 Å². The zero-order valence-electron chi connectivity index (χ0n) is 16.2. The van der Waals surface area contributed by atoms with E-state index in [4.69, 9.17) is 4.74 Å². The molecular weight excluding hydrogens is 346 g/mol. The molecule has 0 aliphatic carbocycles. The lowest BCUT2D eigenvalue weighted by Gasteiger charge is -2.42. The number of para-hydroxylation sites is 1. The molecule has 7 heteroatoms.